The molecule has 0 spiro atoms. The second-order valence-electron chi connectivity index (χ2n) is 4.42. The lowest BCUT2D eigenvalue weighted by atomic mass is 10.0. The molecule has 2 aromatic rings. The van der Waals surface area contributed by atoms with Gasteiger partial charge in [-0.15, -0.1) is 5.10 Å². The molecule has 6 nitrogen and oxygen atoms in total. The van der Waals surface area contributed by atoms with E-state index in [9.17, 15) is 4.79 Å². The summed E-state index contributed by atoms with van der Waals surface area (Å²) >= 11 is 0. The Bertz CT molecular complexity index is 599. The first-order chi connectivity index (χ1) is 9.04. The molecule has 1 heterocycles. The fraction of sp³-hybridized carbons (Fsp3) is 0.308. The molecule has 0 aliphatic heterocycles. The summed E-state index contributed by atoms with van der Waals surface area (Å²) in [5.41, 5.74) is 9.34. The number of aromatic nitrogens is 3. The Kier molecular flexibility index (Phi) is 3.62. The molecule has 1 aromatic heterocycles. The van der Waals surface area contributed by atoms with Gasteiger partial charge in [-0.25, -0.2) is 9.48 Å². The molecule has 0 aliphatic carbocycles. The van der Waals surface area contributed by atoms with Crippen LogP contribution in [0, 0.1) is 13.8 Å². The van der Waals surface area contributed by atoms with Crippen LogP contribution in [0.15, 0.2) is 18.2 Å². The molecule has 6 heteroatoms. The first-order valence-corrected chi connectivity index (χ1v) is 5.95. The van der Waals surface area contributed by atoms with Gasteiger partial charge in [0.25, 0.3) is 0 Å². The van der Waals surface area contributed by atoms with Crippen molar-refractivity contribution in [2.75, 3.05) is 0 Å². The lowest BCUT2D eigenvalue weighted by Gasteiger charge is -2.11. The normalized spacial score (nSPS) is 10.7. The molecule has 0 saturated heterocycles. The maximum absolute atomic E-state index is 11.0. The zero-order valence-electron chi connectivity index (χ0n) is 10.9. The summed E-state index contributed by atoms with van der Waals surface area (Å²) < 4.78 is 1.55. The second kappa shape index (κ2) is 5.19. The van der Waals surface area contributed by atoms with E-state index in [1.807, 2.05) is 32.0 Å². The summed E-state index contributed by atoms with van der Waals surface area (Å²) in [5, 5.41) is 16.6. The molecule has 3 N–H and O–H groups in total. The van der Waals surface area contributed by atoms with Gasteiger partial charge in [-0.1, -0.05) is 23.4 Å². The van der Waals surface area contributed by atoms with Gasteiger partial charge in [-0.2, -0.15) is 0 Å². The van der Waals surface area contributed by atoms with E-state index in [0.717, 1.165) is 16.7 Å². The number of carboxylic acids is 1. The van der Waals surface area contributed by atoms with Crippen LogP contribution < -0.4 is 5.73 Å². The van der Waals surface area contributed by atoms with Crippen LogP contribution in [0.5, 0.6) is 0 Å². The SMILES string of the molecule is Cc1cccc(C)c1Cn1nnc(C(=O)O)c1CN. The lowest BCUT2D eigenvalue weighted by Crippen LogP contribution is -2.14. The minimum atomic E-state index is -1.10. The number of nitrogens with zero attached hydrogens (tertiary/aromatic N) is 3. The van der Waals surface area contributed by atoms with E-state index in [0.29, 0.717) is 12.2 Å². The Morgan fingerprint density at radius 3 is 2.53 bits per heavy atom. The van der Waals surface area contributed by atoms with Gasteiger partial charge in [0, 0.05) is 6.54 Å². The Morgan fingerprint density at radius 1 is 1.37 bits per heavy atom. The van der Waals surface area contributed by atoms with Gasteiger partial charge in [0.1, 0.15) is 0 Å². The molecule has 100 valence electrons. The average molecular weight is 260 g/mol. The van der Waals surface area contributed by atoms with Crippen LogP contribution >= 0.6 is 0 Å². The molecule has 0 atom stereocenters. The molecule has 0 fully saturated rings. The Balaban J connectivity index is 2.42. The first-order valence-electron chi connectivity index (χ1n) is 5.95. The molecular formula is C13H16N4O2. The molecule has 19 heavy (non-hydrogen) atoms. The molecule has 0 saturated carbocycles. The minimum Gasteiger partial charge on any atom is -0.476 e. The van der Waals surface area contributed by atoms with Crippen LogP contribution in [-0.4, -0.2) is 26.1 Å². The van der Waals surface area contributed by atoms with Crippen LogP contribution in [-0.2, 0) is 13.1 Å². The minimum absolute atomic E-state index is 0.0752. The van der Waals surface area contributed by atoms with Crippen molar-refractivity contribution >= 4 is 5.97 Å². The fourth-order valence-electron chi connectivity index (χ4n) is 2.08. The van der Waals surface area contributed by atoms with Crippen molar-refractivity contribution < 1.29 is 9.90 Å². The highest BCUT2D eigenvalue weighted by Gasteiger charge is 2.18. The predicted octanol–water partition coefficient (Wildman–Crippen LogP) is 1.10. The number of hydrogen-bond acceptors (Lipinski definition) is 4. The van der Waals surface area contributed by atoms with Crippen molar-refractivity contribution in [1.29, 1.82) is 0 Å². The van der Waals surface area contributed by atoms with E-state index in [1.54, 1.807) is 4.68 Å². The van der Waals surface area contributed by atoms with Crippen molar-refractivity contribution in [3.8, 4) is 0 Å². The smallest absolute Gasteiger partial charge is 0.358 e. The zero-order valence-corrected chi connectivity index (χ0v) is 10.9. The number of carbonyl (C=O) groups is 1. The Labute approximate surface area is 110 Å². The van der Waals surface area contributed by atoms with Crippen molar-refractivity contribution in [2.45, 2.75) is 26.9 Å². The van der Waals surface area contributed by atoms with Gasteiger partial charge >= 0.3 is 5.97 Å². The molecule has 0 radical (unpaired) electrons. The average Bonchev–Trinajstić information content (AvgIpc) is 2.77. The summed E-state index contributed by atoms with van der Waals surface area (Å²) in [5.74, 6) is -1.10. The lowest BCUT2D eigenvalue weighted by molar-refractivity contribution is 0.0689. The summed E-state index contributed by atoms with van der Waals surface area (Å²) in [6.45, 7) is 4.60. The number of carboxylic acid groups (broad SMARTS) is 1. The summed E-state index contributed by atoms with van der Waals surface area (Å²) in [6, 6.07) is 6.01. The van der Waals surface area contributed by atoms with Gasteiger partial charge in [-0.3, -0.25) is 0 Å². The number of aryl methyl sites for hydroxylation is 2. The van der Waals surface area contributed by atoms with Crippen LogP contribution in [0.25, 0.3) is 0 Å². The summed E-state index contributed by atoms with van der Waals surface area (Å²) in [7, 11) is 0. The third-order valence-electron chi connectivity index (χ3n) is 3.19. The van der Waals surface area contributed by atoms with Crippen LogP contribution in [0.1, 0.15) is 32.9 Å². The number of aromatic carboxylic acids is 1. The van der Waals surface area contributed by atoms with Crippen LogP contribution in [0.4, 0.5) is 0 Å². The van der Waals surface area contributed by atoms with Gasteiger partial charge in [-0.05, 0) is 30.5 Å². The Hall–Kier alpha value is -2.21. The molecule has 1 aromatic carbocycles. The molecule has 0 aliphatic rings. The van der Waals surface area contributed by atoms with E-state index < -0.39 is 5.97 Å². The summed E-state index contributed by atoms with van der Waals surface area (Å²) in [6.07, 6.45) is 0. The Morgan fingerprint density at radius 2 is 2.00 bits per heavy atom. The number of rotatable bonds is 4. The third kappa shape index (κ3) is 2.48. The van der Waals surface area contributed by atoms with Crippen molar-refractivity contribution in [2.24, 2.45) is 5.73 Å². The number of benzene rings is 1. The molecule has 0 unspecified atom stereocenters. The summed E-state index contributed by atoms with van der Waals surface area (Å²) in [4.78, 5) is 11.0. The van der Waals surface area contributed by atoms with Crippen LogP contribution in [0.2, 0.25) is 0 Å². The standard InChI is InChI=1S/C13H16N4O2/c1-8-4-3-5-9(2)10(8)7-17-11(6-14)12(13(18)19)15-16-17/h3-5H,6-7,14H2,1-2H3,(H,18,19). The van der Waals surface area contributed by atoms with Crippen molar-refractivity contribution in [1.82, 2.24) is 15.0 Å². The molecular weight excluding hydrogens is 244 g/mol. The topological polar surface area (TPSA) is 94.0 Å². The van der Waals surface area contributed by atoms with Gasteiger partial charge in [0.05, 0.1) is 12.2 Å². The van der Waals surface area contributed by atoms with E-state index in [1.165, 1.54) is 0 Å². The van der Waals surface area contributed by atoms with E-state index in [2.05, 4.69) is 10.3 Å². The highest BCUT2D eigenvalue weighted by molar-refractivity contribution is 5.86. The third-order valence-corrected chi connectivity index (χ3v) is 3.19. The molecule has 0 amide bonds. The largest absolute Gasteiger partial charge is 0.476 e. The van der Waals surface area contributed by atoms with Gasteiger partial charge < -0.3 is 10.8 Å². The van der Waals surface area contributed by atoms with Crippen LogP contribution in [0.3, 0.4) is 0 Å². The van der Waals surface area contributed by atoms with E-state index >= 15 is 0 Å². The quantitative estimate of drug-likeness (QED) is 0.858. The fourth-order valence-corrected chi connectivity index (χ4v) is 2.08. The second-order valence-corrected chi connectivity index (χ2v) is 4.42. The number of nitrogens with two attached hydrogens (primary N) is 1. The van der Waals surface area contributed by atoms with Crippen molar-refractivity contribution in [3.05, 3.63) is 46.3 Å². The maximum Gasteiger partial charge on any atom is 0.358 e. The zero-order chi connectivity index (χ0) is 14.0. The van der Waals surface area contributed by atoms with E-state index in [4.69, 9.17) is 10.8 Å². The maximum atomic E-state index is 11.0. The number of hydrogen-bond donors (Lipinski definition) is 2. The first kappa shape index (κ1) is 13.2. The monoisotopic (exact) mass is 260 g/mol. The molecule has 2 rings (SSSR count). The van der Waals surface area contributed by atoms with Crippen molar-refractivity contribution in [3.63, 3.8) is 0 Å². The highest BCUT2D eigenvalue weighted by Crippen LogP contribution is 2.16. The predicted molar refractivity (Wildman–Crippen MR) is 69.9 cm³/mol. The van der Waals surface area contributed by atoms with Gasteiger partial charge in [0.15, 0.2) is 5.69 Å². The van der Waals surface area contributed by atoms with Gasteiger partial charge in [0.2, 0.25) is 0 Å². The highest BCUT2D eigenvalue weighted by atomic mass is 16.4. The molecule has 0 bridgehead atoms. The van der Waals surface area contributed by atoms with E-state index in [-0.39, 0.29) is 12.2 Å².